The Balaban J connectivity index is 1.11. The van der Waals surface area contributed by atoms with E-state index in [-0.39, 0.29) is 5.41 Å². The average molecular weight is 699 g/mol. The largest absolute Gasteiger partial charge is 0.0616 e. The van der Waals surface area contributed by atoms with Crippen molar-refractivity contribution in [1.82, 2.24) is 0 Å². The minimum absolute atomic E-state index is 0.136. The SMILES string of the molecule is CC1(C)c2ccc3ccccc3c2-c2cccc(-c3cccc(-c4c5ccccc5c(-c5cccc(-c6cccc7ccccc67)c5)c5ccccc45)c3)c21. The van der Waals surface area contributed by atoms with Crippen LogP contribution in [0.4, 0.5) is 0 Å². The second-order valence-electron chi connectivity index (χ2n) is 15.6. The van der Waals surface area contributed by atoms with Crippen molar-refractivity contribution in [2.75, 3.05) is 0 Å². The highest BCUT2D eigenvalue weighted by molar-refractivity contribution is 6.21. The zero-order valence-corrected chi connectivity index (χ0v) is 31.0. The summed E-state index contributed by atoms with van der Waals surface area (Å²) in [7, 11) is 0. The van der Waals surface area contributed by atoms with Crippen molar-refractivity contribution >= 4 is 43.1 Å². The van der Waals surface area contributed by atoms with Gasteiger partial charge in [0.05, 0.1) is 0 Å². The fraction of sp³-hybridized carbons (Fsp3) is 0.0545. The molecule has 0 bridgehead atoms. The van der Waals surface area contributed by atoms with Gasteiger partial charge in [-0.1, -0.05) is 196 Å². The van der Waals surface area contributed by atoms with Crippen molar-refractivity contribution in [3.05, 3.63) is 205 Å². The van der Waals surface area contributed by atoms with E-state index in [1.54, 1.807) is 0 Å². The standard InChI is InChI=1S/C55H38/c1-55(2)50-32-31-36-16-4-6-23-43(36)53(50)49-30-14-29-44(54(49)55)38-19-12-21-40(34-38)52-47-26-9-7-24-45(47)51(46-25-8-10-27-48(46)52)39-20-11-18-37(33-39)42-28-13-17-35-15-3-5-22-41(35)42/h3-34H,1-2H3. The molecule has 0 N–H and O–H groups in total. The van der Waals surface area contributed by atoms with Gasteiger partial charge in [-0.25, -0.2) is 0 Å². The molecule has 55 heavy (non-hydrogen) atoms. The lowest BCUT2D eigenvalue weighted by Gasteiger charge is -2.25. The molecule has 0 amide bonds. The second-order valence-corrected chi connectivity index (χ2v) is 15.6. The van der Waals surface area contributed by atoms with Gasteiger partial charge in [0, 0.05) is 5.41 Å². The van der Waals surface area contributed by atoms with Crippen molar-refractivity contribution in [2.24, 2.45) is 0 Å². The summed E-state index contributed by atoms with van der Waals surface area (Å²) in [6.45, 7) is 4.80. The summed E-state index contributed by atoms with van der Waals surface area (Å²) in [5.74, 6) is 0. The van der Waals surface area contributed by atoms with Crippen LogP contribution in [0, 0.1) is 0 Å². The predicted molar refractivity (Wildman–Crippen MR) is 236 cm³/mol. The maximum atomic E-state index is 2.43. The number of fused-ring (bicyclic) bond motifs is 8. The van der Waals surface area contributed by atoms with Crippen LogP contribution in [-0.2, 0) is 5.41 Å². The first kappa shape index (κ1) is 31.7. The molecule has 0 aromatic heterocycles. The number of hydrogen-bond donors (Lipinski definition) is 0. The maximum Gasteiger partial charge on any atom is 0.0165 e. The minimum atomic E-state index is -0.136. The highest BCUT2D eigenvalue weighted by atomic mass is 14.4. The monoisotopic (exact) mass is 698 g/mol. The zero-order valence-electron chi connectivity index (χ0n) is 31.0. The molecule has 0 radical (unpaired) electrons. The molecule has 11 rings (SSSR count). The lowest BCUT2D eigenvalue weighted by molar-refractivity contribution is 0.662. The van der Waals surface area contributed by atoms with E-state index < -0.39 is 0 Å². The lowest BCUT2D eigenvalue weighted by atomic mass is 9.78. The summed E-state index contributed by atoms with van der Waals surface area (Å²) < 4.78 is 0. The first-order valence-corrected chi connectivity index (χ1v) is 19.4. The van der Waals surface area contributed by atoms with E-state index in [1.807, 2.05) is 0 Å². The van der Waals surface area contributed by atoms with Gasteiger partial charge in [0.1, 0.15) is 0 Å². The Labute approximate surface area is 322 Å². The van der Waals surface area contributed by atoms with E-state index in [0.717, 1.165) is 0 Å². The molecule has 1 aliphatic carbocycles. The number of hydrogen-bond acceptors (Lipinski definition) is 0. The second kappa shape index (κ2) is 12.1. The predicted octanol–water partition coefficient (Wildman–Crippen LogP) is 15.3. The van der Waals surface area contributed by atoms with Crippen LogP contribution in [0.5, 0.6) is 0 Å². The van der Waals surface area contributed by atoms with Crippen LogP contribution in [0.25, 0.3) is 98.7 Å². The number of benzene rings is 10. The van der Waals surface area contributed by atoms with E-state index >= 15 is 0 Å². The van der Waals surface area contributed by atoms with Crippen LogP contribution < -0.4 is 0 Å². The third-order valence-corrected chi connectivity index (χ3v) is 12.2. The molecule has 10 aromatic carbocycles. The van der Waals surface area contributed by atoms with Gasteiger partial charge in [0.2, 0.25) is 0 Å². The Morgan fingerprint density at radius 2 is 0.709 bits per heavy atom. The highest BCUT2D eigenvalue weighted by Crippen LogP contribution is 2.54. The van der Waals surface area contributed by atoms with Gasteiger partial charge in [-0.15, -0.1) is 0 Å². The molecule has 0 saturated carbocycles. The fourth-order valence-electron chi connectivity index (χ4n) is 9.80. The zero-order chi connectivity index (χ0) is 36.7. The summed E-state index contributed by atoms with van der Waals surface area (Å²) in [4.78, 5) is 0. The molecule has 0 saturated heterocycles. The van der Waals surface area contributed by atoms with Gasteiger partial charge in [-0.2, -0.15) is 0 Å². The molecule has 0 atom stereocenters. The highest BCUT2D eigenvalue weighted by Gasteiger charge is 2.38. The summed E-state index contributed by atoms with van der Waals surface area (Å²) in [6.07, 6.45) is 0. The van der Waals surface area contributed by atoms with Gasteiger partial charge in [-0.3, -0.25) is 0 Å². The van der Waals surface area contributed by atoms with E-state index in [2.05, 4.69) is 208 Å². The van der Waals surface area contributed by atoms with Crippen LogP contribution in [0.15, 0.2) is 194 Å². The van der Waals surface area contributed by atoms with E-state index in [4.69, 9.17) is 0 Å². The van der Waals surface area contributed by atoms with Gasteiger partial charge in [-0.05, 0) is 122 Å². The normalized spacial score (nSPS) is 13.1. The molecule has 0 unspecified atom stereocenters. The smallest absolute Gasteiger partial charge is 0.0165 e. The summed E-state index contributed by atoms with van der Waals surface area (Å²) in [5.41, 5.74) is 15.5. The van der Waals surface area contributed by atoms with Crippen LogP contribution in [0.3, 0.4) is 0 Å². The number of rotatable bonds is 4. The molecule has 0 spiro atoms. The quantitative estimate of drug-likeness (QED) is 0.161. The molecular weight excluding hydrogens is 661 g/mol. The molecule has 0 nitrogen and oxygen atoms in total. The molecule has 1 aliphatic rings. The topological polar surface area (TPSA) is 0 Å². The molecule has 10 aromatic rings. The lowest BCUT2D eigenvalue weighted by Crippen LogP contribution is -2.16. The molecule has 0 aliphatic heterocycles. The van der Waals surface area contributed by atoms with E-state index in [0.29, 0.717) is 0 Å². The van der Waals surface area contributed by atoms with Gasteiger partial charge < -0.3 is 0 Å². The van der Waals surface area contributed by atoms with Crippen LogP contribution in [0.2, 0.25) is 0 Å². The maximum absolute atomic E-state index is 2.43. The summed E-state index contributed by atoms with van der Waals surface area (Å²) in [5, 5.41) is 10.2. The Morgan fingerprint density at radius 3 is 1.33 bits per heavy atom. The molecule has 258 valence electrons. The molecule has 0 heterocycles. The Kier molecular flexibility index (Phi) is 7.00. The van der Waals surface area contributed by atoms with Crippen LogP contribution >= 0.6 is 0 Å². The van der Waals surface area contributed by atoms with E-state index in [9.17, 15) is 0 Å². The molecule has 0 fully saturated rings. The van der Waals surface area contributed by atoms with Crippen molar-refractivity contribution in [2.45, 2.75) is 19.3 Å². The third-order valence-electron chi connectivity index (χ3n) is 12.2. The van der Waals surface area contributed by atoms with Crippen LogP contribution in [-0.4, -0.2) is 0 Å². The van der Waals surface area contributed by atoms with Gasteiger partial charge in [0.15, 0.2) is 0 Å². The Hall–Kier alpha value is -6.76. The minimum Gasteiger partial charge on any atom is -0.0616 e. The first-order valence-electron chi connectivity index (χ1n) is 19.4. The van der Waals surface area contributed by atoms with E-state index in [1.165, 1.54) is 110 Å². The Morgan fingerprint density at radius 1 is 0.291 bits per heavy atom. The third kappa shape index (κ3) is 4.78. The summed E-state index contributed by atoms with van der Waals surface area (Å²) >= 11 is 0. The van der Waals surface area contributed by atoms with Gasteiger partial charge >= 0.3 is 0 Å². The summed E-state index contributed by atoms with van der Waals surface area (Å²) in [6, 6.07) is 72.1. The Bertz CT molecular complexity index is 3110. The van der Waals surface area contributed by atoms with Crippen molar-refractivity contribution in [3.63, 3.8) is 0 Å². The molecular formula is C55H38. The van der Waals surface area contributed by atoms with Crippen molar-refractivity contribution in [3.8, 4) is 55.6 Å². The fourth-order valence-corrected chi connectivity index (χ4v) is 9.80. The van der Waals surface area contributed by atoms with Crippen molar-refractivity contribution < 1.29 is 0 Å². The van der Waals surface area contributed by atoms with Crippen molar-refractivity contribution in [1.29, 1.82) is 0 Å². The first-order chi connectivity index (χ1) is 27.1. The molecule has 0 heteroatoms. The van der Waals surface area contributed by atoms with Crippen LogP contribution in [0.1, 0.15) is 25.0 Å². The van der Waals surface area contributed by atoms with Gasteiger partial charge in [0.25, 0.3) is 0 Å². The average Bonchev–Trinajstić information content (AvgIpc) is 3.48.